The number of esters is 1. The molecule has 2 rings (SSSR count). The Bertz CT molecular complexity index is 800. The molecule has 0 saturated carbocycles. The first kappa shape index (κ1) is 18.4. The fraction of sp³-hybridized carbons (Fsp3) is 0.412. The van der Waals surface area contributed by atoms with Gasteiger partial charge >= 0.3 is 5.97 Å². The van der Waals surface area contributed by atoms with E-state index in [0.29, 0.717) is 11.9 Å². The molecular formula is C17H22N2O4S. The molecule has 0 spiro atoms. The Kier molecular flexibility index (Phi) is 6.28. The third-order valence-corrected chi connectivity index (χ3v) is 5.10. The number of para-hydroxylation sites is 1. The molecule has 0 radical (unpaired) electrons. The lowest BCUT2D eigenvalue weighted by atomic mass is 10.1. The van der Waals surface area contributed by atoms with E-state index >= 15 is 0 Å². The highest BCUT2D eigenvalue weighted by Gasteiger charge is 2.27. The minimum atomic E-state index is -3.89. The van der Waals surface area contributed by atoms with Crippen LogP contribution in [0.3, 0.4) is 0 Å². The van der Waals surface area contributed by atoms with Crippen molar-refractivity contribution in [2.24, 2.45) is 0 Å². The van der Waals surface area contributed by atoms with Gasteiger partial charge in [0.1, 0.15) is 10.9 Å². The van der Waals surface area contributed by atoms with Crippen molar-refractivity contribution in [3.63, 3.8) is 0 Å². The third kappa shape index (κ3) is 4.30. The normalized spacial score (nSPS) is 12.9. The van der Waals surface area contributed by atoms with Crippen LogP contribution >= 0.6 is 0 Å². The van der Waals surface area contributed by atoms with E-state index in [4.69, 9.17) is 4.74 Å². The Labute approximate surface area is 142 Å². The molecular weight excluding hydrogens is 328 g/mol. The molecule has 2 aromatic rings. The second-order valence-electron chi connectivity index (χ2n) is 5.40. The molecule has 0 saturated heterocycles. The topological polar surface area (TPSA) is 85.4 Å². The van der Waals surface area contributed by atoms with Gasteiger partial charge in [0.15, 0.2) is 0 Å². The Morgan fingerprint density at radius 2 is 2.00 bits per heavy atom. The summed E-state index contributed by atoms with van der Waals surface area (Å²) in [4.78, 5) is 16.3. The summed E-state index contributed by atoms with van der Waals surface area (Å²) in [7, 11) is -3.89. The minimum Gasteiger partial charge on any atom is -0.465 e. The Hall–Kier alpha value is -1.99. The molecule has 1 heterocycles. The number of benzene rings is 1. The summed E-state index contributed by atoms with van der Waals surface area (Å²) >= 11 is 0. The molecule has 1 unspecified atom stereocenters. The molecule has 24 heavy (non-hydrogen) atoms. The van der Waals surface area contributed by atoms with Crippen molar-refractivity contribution in [3.05, 3.63) is 36.5 Å². The maximum absolute atomic E-state index is 12.8. The lowest BCUT2D eigenvalue weighted by Gasteiger charge is -2.17. The number of unbranched alkanes of at least 4 members (excludes halogenated alkanes) is 1. The third-order valence-electron chi connectivity index (χ3n) is 3.60. The second-order valence-corrected chi connectivity index (χ2v) is 7.08. The number of carbonyl (C=O) groups is 1. The zero-order valence-electron chi connectivity index (χ0n) is 13.9. The van der Waals surface area contributed by atoms with Crippen molar-refractivity contribution in [1.29, 1.82) is 0 Å². The van der Waals surface area contributed by atoms with Crippen molar-refractivity contribution in [2.75, 3.05) is 6.61 Å². The number of sulfonamides is 1. The van der Waals surface area contributed by atoms with Crippen LogP contribution in [0.5, 0.6) is 0 Å². The maximum atomic E-state index is 12.8. The van der Waals surface area contributed by atoms with Crippen LogP contribution in [0.2, 0.25) is 0 Å². The van der Waals surface area contributed by atoms with E-state index in [-0.39, 0.29) is 11.5 Å². The lowest BCUT2D eigenvalue weighted by molar-refractivity contribution is -0.145. The van der Waals surface area contributed by atoms with E-state index < -0.39 is 22.0 Å². The Morgan fingerprint density at radius 1 is 1.25 bits per heavy atom. The van der Waals surface area contributed by atoms with Gasteiger partial charge in [0, 0.05) is 11.6 Å². The predicted octanol–water partition coefficient (Wildman–Crippen LogP) is 2.64. The van der Waals surface area contributed by atoms with Gasteiger partial charge in [-0.2, -0.15) is 4.72 Å². The van der Waals surface area contributed by atoms with Crippen LogP contribution in [0.25, 0.3) is 10.9 Å². The number of pyridine rings is 1. The summed E-state index contributed by atoms with van der Waals surface area (Å²) in [5, 5.41) is 0.724. The van der Waals surface area contributed by atoms with E-state index in [1.54, 1.807) is 37.4 Å². The van der Waals surface area contributed by atoms with E-state index in [0.717, 1.165) is 18.2 Å². The lowest BCUT2D eigenvalue weighted by Crippen LogP contribution is -2.41. The monoisotopic (exact) mass is 350 g/mol. The molecule has 1 atom stereocenters. The number of carbonyl (C=O) groups excluding carboxylic acids is 1. The first-order chi connectivity index (χ1) is 11.5. The number of hydrogen-bond donors (Lipinski definition) is 1. The van der Waals surface area contributed by atoms with Crippen molar-refractivity contribution in [2.45, 2.75) is 44.0 Å². The fourth-order valence-corrected chi connectivity index (χ4v) is 3.82. The molecule has 1 N–H and O–H groups in total. The first-order valence-corrected chi connectivity index (χ1v) is 9.50. The summed E-state index contributed by atoms with van der Waals surface area (Å²) in [5.74, 6) is -0.553. The molecule has 0 fully saturated rings. The van der Waals surface area contributed by atoms with Gasteiger partial charge < -0.3 is 4.74 Å². The minimum absolute atomic E-state index is 0.0615. The van der Waals surface area contributed by atoms with Gasteiger partial charge in [-0.1, -0.05) is 38.0 Å². The van der Waals surface area contributed by atoms with Crippen molar-refractivity contribution in [3.8, 4) is 0 Å². The largest absolute Gasteiger partial charge is 0.465 e. The number of nitrogens with zero attached hydrogens (tertiary/aromatic N) is 1. The zero-order chi connectivity index (χ0) is 17.6. The highest BCUT2D eigenvalue weighted by atomic mass is 32.2. The first-order valence-electron chi connectivity index (χ1n) is 8.02. The van der Waals surface area contributed by atoms with E-state index in [9.17, 15) is 13.2 Å². The van der Waals surface area contributed by atoms with Crippen LogP contribution in [0, 0.1) is 0 Å². The molecule has 0 bridgehead atoms. The van der Waals surface area contributed by atoms with Crippen molar-refractivity contribution < 1.29 is 17.9 Å². The molecule has 1 aromatic heterocycles. The molecule has 0 aliphatic heterocycles. The number of aromatic nitrogens is 1. The van der Waals surface area contributed by atoms with E-state index in [1.165, 1.54) is 6.07 Å². The summed E-state index contributed by atoms with van der Waals surface area (Å²) in [5.41, 5.74) is 0.380. The standard InChI is InChI=1S/C17H22N2O4S/c1-3-5-10-14(17(20)23-4-2)19-24(21,22)15-11-6-8-13-9-7-12-18-16(13)15/h6-9,11-12,14,19H,3-5,10H2,1-2H3. The van der Waals surface area contributed by atoms with Gasteiger partial charge in [0.2, 0.25) is 10.0 Å². The number of rotatable bonds is 8. The average Bonchev–Trinajstić information content (AvgIpc) is 2.58. The summed E-state index contributed by atoms with van der Waals surface area (Å²) in [6.07, 6.45) is 3.52. The van der Waals surface area contributed by atoms with Gasteiger partial charge in [-0.15, -0.1) is 0 Å². The number of ether oxygens (including phenoxy) is 1. The molecule has 1 aromatic carbocycles. The van der Waals surface area contributed by atoms with Gasteiger partial charge in [-0.3, -0.25) is 9.78 Å². The highest BCUT2D eigenvalue weighted by Crippen LogP contribution is 2.21. The van der Waals surface area contributed by atoms with Crippen LogP contribution in [0.15, 0.2) is 41.4 Å². The highest BCUT2D eigenvalue weighted by molar-refractivity contribution is 7.89. The zero-order valence-corrected chi connectivity index (χ0v) is 14.7. The average molecular weight is 350 g/mol. The van der Waals surface area contributed by atoms with Gasteiger partial charge in [0.25, 0.3) is 0 Å². The van der Waals surface area contributed by atoms with Gasteiger partial charge in [-0.05, 0) is 25.5 Å². The number of nitrogens with one attached hydrogen (secondary N) is 1. The van der Waals surface area contributed by atoms with Crippen molar-refractivity contribution in [1.82, 2.24) is 9.71 Å². The number of fused-ring (bicyclic) bond motifs is 1. The Balaban J connectivity index is 2.34. The Morgan fingerprint density at radius 3 is 2.71 bits per heavy atom. The molecule has 6 nitrogen and oxygen atoms in total. The summed E-state index contributed by atoms with van der Waals surface area (Å²) in [6, 6.07) is 7.58. The van der Waals surface area contributed by atoms with Crippen LogP contribution in [-0.2, 0) is 19.6 Å². The molecule has 0 aliphatic carbocycles. The molecule has 7 heteroatoms. The predicted molar refractivity (Wildman–Crippen MR) is 92.0 cm³/mol. The SMILES string of the molecule is CCCCC(NS(=O)(=O)c1cccc2cccnc12)C(=O)OCC. The van der Waals surface area contributed by atoms with Crippen molar-refractivity contribution >= 4 is 26.9 Å². The van der Waals surface area contributed by atoms with Crippen LogP contribution in [0.4, 0.5) is 0 Å². The molecule has 130 valence electrons. The van der Waals surface area contributed by atoms with Crippen LogP contribution in [-0.4, -0.2) is 32.0 Å². The number of hydrogen-bond acceptors (Lipinski definition) is 5. The molecule has 0 amide bonds. The fourth-order valence-electron chi connectivity index (χ4n) is 2.42. The van der Waals surface area contributed by atoms with Gasteiger partial charge in [0.05, 0.1) is 12.1 Å². The smallest absolute Gasteiger partial charge is 0.324 e. The van der Waals surface area contributed by atoms with Crippen LogP contribution in [0.1, 0.15) is 33.1 Å². The quantitative estimate of drug-likeness (QED) is 0.740. The van der Waals surface area contributed by atoms with Crippen LogP contribution < -0.4 is 4.72 Å². The van der Waals surface area contributed by atoms with E-state index in [2.05, 4.69) is 9.71 Å². The van der Waals surface area contributed by atoms with Gasteiger partial charge in [-0.25, -0.2) is 8.42 Å². The summed E-state index contributed by atoms with van der Waals surface area (Å²) < 4.78 is 33.0. The summed E-state index contributed by atoms with van der Waals surface area (Å²) in [6.45, 7) is 3.88. The maximum Gasteiger partial charge on any atom is 0.324 e. The second kappa shape index (κ2) is 8.21. The molecule has 0 aliphatic rings. The van der Waals surface area contributed by atoms with E-state index in [1.807, 2.05) is 6.92 Å².